The molecule has 2 rings (SSSR count). The Morgan fingerprint density at radius 1 is 1.43 bits per heavy atom. The van der Waals surface area contributed by atoms with Gasteiger partial charge in [0.05, 0.1) is 6.04 Å². The number of amides is 1. The van der Waals surface area contributed by atoms with E-state index in [-0.39, 0.29) is 22.2 Å². The molecule has 1 fully saturated rings. The largest absolute Gasteiger partial charge is 0.504 e. The molecule has 1 aromatic carbocycles. The van der Waals surface area contributed by atoms with Crippen LogP contribution in [-0.4, -0.2) is 50.7 Å². The number of benzene rings is 1. The normalized spacial score (nSPS) is 19.3. The third-order valence-corrected chi connectivity index (χ3v) is 4.85. The first kappa shape index (κ1) is 16.0. The quantitative estimate of drug-likeness (QED) is 0.733. The molecule has 1 saturated heterocycles. The van der Waals surface area contributed by atoms with Crippen LogP contribution in [-0.2, 0) is 11.2 Å². The maximum atomic E-state index is 12.4. The van der Waals surface area contributed by atoms with Crippen molar-refractivity contribution < 1.29 is 15.0 Å². The molecule has 0 bridgehead atoms. The summed E-state index contributed by atoms with van der Waals surface area (Å²) in [5.74, 6) is 0.498. The van der Waals surface area contributed by atoms with Crippen LogP contribution in [0.1, 0.15) is 19.4 Å². The summed E-state index contributed by atoms with van der Waals surface area (Å²) in [4.78, 5) is 14.2. The first-order valence-corrected chi connectivity index (χ1v) is 7.96. The highest BCUT2D eigenvalue weighted by Gasteiger charge is 2.31. The van der Waals surface area contributed by atoms with Crippen LogP contribution in [0.15, 0.2) is 18.2 Å². The molecule has 1 aromatic rings. The molecule has 0 spiro atoms. The summed E-state index contributed by atoms with van der Waals surface area (Å²) in [6.07, 6.45) is 0.344. The molecular formula is C15H22N2O3S. The fraction of sp³-hybridized carbons (Fsp3) is 0.533. The molecule has 0 aliphatic carbocycles. The molecule has 1 aliphatic heterocycles. The van der Waals surface area contributed by atoms with E-state index < -0.39 is 6.04 Å². The van der Waals surface area contributed by atoms with E-state index in [9.17, 15) is 15.0 Å². The predicted molar refractivity (Wildman–Crippen MR) is 84.6 cm³/mol. The van der Waals surface area contributed by atoms with Crippen molar-refractivity contribution in [3.8, 4) is 11.5 Å². The van der Waals surface area contributed by atoms with Crippen LogP contribution in [0.3, 0.4) is 0 Å². The molecule has 5 nitrogen and oxygen atoms in total. The van der Waals surface area contributed by atoms with E-state index in [1.54, 1.807) is 6.07 Å². The molecule has 0 aromatic heterocycles. The van der Waals surface area contributed by atoms with Crippen molar-refractivity contribution in [2.24, 2.45) is 5.73 Å². The minimum atomic E-state index is -0.632. The molecule has 0 radical (unpaired) electrons. The lowest BCUT2D eigenvalue weighted by Gasteiger charge is -2.38. The van der Waals surface area contributed by atoms with E-state index in [4.69, 9.17) is 5.73 Å². The monoisotopic (exact) mass is 310 g/mol. The second-order valence-electron chi connectivity index (χ2n) is 6.00. The maximum Gasteiger partial charge on any atom is 0.239 e. The number of hydrogen-bond donors (Lipinski definition) is 3. The van der Waals surface area contributed by atoms with E-state index in [0.29, 0.717) is 13.0 Å². The minimum absolute atomic E-state index is 0.0593. The van der Waals surface area contributed by atoms with Gasteiger partial charge in [0.1, 0.15) is 0 Å². The lowest BCUT2D eigenvalue weighted by Crippen LogP contribution is -2.52. The van der Waals surface area contributed by atoms with Gasteiger partial charge in [-0.2, -0.15) is 11.8 Å². The van der Waals surface area contributed by atoms with Crippen molar-refractivity contribution in [2.45, 2.75) is 31.1 Å². The zero-order valence-corrected chi connectivity index (χ0v) is 13.2. The van der Waals surface area contributed by atoms with Crippen molar-refractivity contribution in [1.82, 2.24) is 4.90 Å². The van der Waals surface area contributed by atoms with Crippen molar-refractivity contribution in [3.05, 3.63) is 23.8 Å². The van der Waals surface area contributed by atoms with Crippen LogP contribution >= 0.6 is 11.8 Å². The summed E-state index contributed by atoms with van der Waals surface area (Å²) in [7, 11) is 0. The minimum Gasteiger partial charge on any atom is -0.504 e. The summed E-state index contributed by atoms with van der Waals surface area (Å²) < 4.78 is 0.0600. The number of carbonyl (C=O) groups excluding carboxylic acids is 1. The number of nitrogens with two attached hydrogens (primary N) is 1. The number of nitrogens with zero attached hydrogens (tertiary/aromatic N) is 1. The Kier molecular flexibility index (Phi) is 4.68. The summed E-state index contributed by atoms with van der Waals surface area (Å²) in [6, 6.07) is 3.88. The van der Waals surface area contributed by atoms with Crippen LogP contribution in [0.4, 0.5) is 0 Å². The number of rotatable bonds is 3. The van der Waals surface area contributed by atoms with Gasteiger partial charge < -0.3 is 20.8 Å². The van der Waals surface area contributed by atoms with Crippen LogP contribution in [0, 0.1) is 0 Å². The zero-order valence-electron chi connectivity index (χ0n) is 12.4. The van der Waals surface area contributed by atoms with Gasteiger partial charge in [-0.3, -0.25) is 4.79 Å². The van der Waals surface area contributed by atoms with Gasteiger partial charge in [-0.1, -0.05) is 6.07 Å². The number of hydrogen-bond acceptors (Lipinski definition) is 5. The molecule has 4 N–H and O–H groups in total. The molecular weight excluding hydrogens is 288 g/mol. The van der Waals surface area contributed by atoms with Gasteiger partial charge >= 0.3 is 0 Å². The molecule has 6 heteroatoms. The van der Waals surface area contributed by atoms with Crippen LogP contribution < -0.4 is 5.73 Å². The van der Waals surface area contributed by atoms with Gasteiger partial charge in [0.2, 0.25) is 5.91 Å². The molecule has 0 unspecified atom stereocenters. The highest BCUT2D eigenvalue weighted by atomic mass is 32.2. The van der Waals surface area contributed by atoms with Gasteiger partial charge in [-0.15, -0.1) is 0 Å². The second-order valence-corrected chi connectivity index (χ2v) is 7.80. The highest BCUT2D eigenvalue weighted by molar-refractivity contribution is 8.00. The molecule has 0 saturated carbocycles. The second kappa shape index (κ2) is 6.15. The summed E-state index contributed by atoms with van der Waals surface area (Å²) >= 11 is 1.87. The number of aromatic hydroxyl groups is 2. The van der Waals surface area contributed by atoms with Crippen molar-refractivity contribution in [1.29, 1.82) is 0 Å². The third kappa shape index (κ3) is 4.04. The van der Waals surface area contributed by atoms with E-state index >= 15 is 0 Å². The predicted octanol–water partition coefficient (Wildman–Crippen LogP) is 1.32. The molecule has 116 valence electrons. The molecule has 1 atom stereocenters. The van der Waals surface area contributed by atoms with E-state index in [2.05, 4.69) is 13.8 Å². The Labute approximate surface area is 129 Å². The Morgan fingerprint density at radius 3 is 2.76 bits per heavy atom. The van der Waals surface area contributed by atoms with Crippen molar-refractivity contribution in [3.63, 3.8) is 0 Å². The van der Waals surface area contributed by atoms with Gasteiger partial charge in [0.15, 0.2) is 11.5 Å². The average Bonchev–Trinajstić information content (AvgIpc) is 2.41. The molecule has 21 heavy (non-hydrogen) atoms. The highest BCUT2D eigenvalue weighted by Crippen LogP contribution is 2.30. The summed E-state index contributed by atoms with van der Waals surface area (Å²) in [6.45, 7) is 5.67. The Hall–Kier alpha value is -1.40. The smallest absolute Gasteiger partial charge is 0.239 e. The first-order chi connectivity index (χ1) is 9.78. The molecule has 1 aliphatic rings. The van der Waals surface area contributed by atoms with E-state index in [0.717, 1.165) is 17.9 Å². The first-order valence-electron chi connectivity index (χ1n) is 6.98. The van der Waals surface area contributed by atoms with Gasteiger partial charge in [-0.25, -0.2) is 0 Å². The number of phenolic OH excluding ortho intramolecular Hbond substituents is 2. The van der Waals surface area contributed by atoms with E-state index in [1.165, 1.54) is 12.1 Å². The molecule has 1 amide bonds. The lowest BCUT2D eigenvalue weighted by molar-refractivity contribution is -0.132. The van der Waals surface area contributed by atoms with Crippen molar-refractivity contribution in [2.75, 3.05) is 18.8 Å². The SMILES string of the molecule is CC1(C)CN(C(=O)[C@@H](N)Cc2ccc(O)c(O)c2)CCS1. The Bertz CT molecular complexity index is 534. The Balaban J connectivity index is 2.00. The van der Waals surface area contributed by atoms with Gasteiger partial charge in [-0.05, 0) is 38.0 Å². The van der Waals surface area contributed by atoms with Gasteiger partial charge in [0, 0.05) is 23.6 Å². The molecule has 1 heterocycles. The average molecular weight is 310 g/mol. The standard InChI is InChI=1S/C15H22N2O3S/c1-15(2)9-17(5-6-21-15)14(20)11(16)7-10-3-4-12(18)13(19)8-10/h3-4,8,11,18-19H,5-7,9,16H2,1-2H3/t11-/m0/s1. The number of phenols is 2. The van der Waals surface area contributed by atoms with E-state index in [1.807, 2.05) is 16.7 Å². The van der Waals surface area contributed by atoms with Crippen LogP contribution in [0.5, 0.6) is 11.5 Å². The fourth-order valence-electron chi connectivity index (χ4n) is 2.48. The van der Waals surface area contributed by atoms with Crippen LogP contribution in [0.2, 0.25) is 0 Å². The maximum absolute atomic E-state index is 12.4. The Morgan fingerprint density at radius 2 is 2.14 bits per heavy atom. The van der Waals surface area contributed by atoms with Crippen molar-refractivity contribution >= 4 is 17.7 Å². The number of thioether (sulfide) groups is 1. The van der Waals surface area contributed by atoms with Gasteiger partial charge in [0.25, 0.3) is 0 Å². The summed E-state index contributed by atoms with van der Waals surface area (Å²) in [5.41, 5.74) is 6.75. The fourth-order valence-corrected chi connectivity index (χ4v) is 3.59. The lowest BCUT2D eigenvalue weighted by atomic mass is 10.0. The van der Waals surface area contributed by atoms with Crippen LogP contribution in [0.25, 0.3) is 0 Å². The topological polar surface area (TPSA) is 86.8 Å². The third-order valence-electron chi connectivity index (χ3n) is 3.55. The number of carbonyl (C=O) groups is 1. The summed E-state index contributed by atoms with van der Waals surface area (Å²) in [5, 5.41) is 18.8. The zero-order chi connectivity index (χ0) is 15.6.